The van der Waals surface area contributed by atoms with E-state index in [1.807, 2.05) is 32.0 Å². The lowest BCUT2D eigenvalue weighted by atomic mass is 10.1. The highest BCUT2D eigenvalue weighted by molar-refractivity contribution is 5.53. The Morgan fingerprint density at radius 2 is 1.94 bits per heavy atom. The van der Waals surface area contributed by atoms with Crippen LogP contribution in [0.3, 0.4) is 0 Å². The van der Waals surface area contributed by atoms with Gasteiger partial charge >= 0.3 is 0 Å². The summed E-state index contributed by atoms with van der Waals surface area (Å²) in [6, 6.07) is 5.90. The van der Waals surface area contributed by atoms with E-state index < -0.39 is 0 Å². The van der Waals surface area contributed by atoms with Gasteiger partial charge in [0.05, 0.1) is 0 Å². The van der Waals surface area contributed by atoms with Gasteiger partial charge in [0.2, 0.25) is 0 Å². The summed E-state index contributed by atoms with van der Waals surface area (Å²) < 4.78 is 0. The van der Waals surface area contributed by atoms with Gasteiger partial charge in [-0.05, 0) is 32.0 Å². The summed E-state index contributed by atoms with van der Waals surface area (Å²) >= 11 is 0. The molecule has 0 saturated heterocycles. The van der Waals surface area contributed by atoms with Crippen LogP contribution in [-0.2, 0) is 6.42 Å². The van der Waals surface area contributed by atoms with E-state index in [1.165, 1.54) is 0 Å². The standard InChI is InChI=1S/C13H16N4/c1-9(14)7-12-8-10(2)16-13(17-12)11-3-5-15-6-4-11/h3-6,8-9H,7,14H2,1-2H3. The molecule has 2 N–H and O–H groups in total. The van der Waals surface area contributed by atoms with Crippen LogP contribution in [0.4, 0.5) is 0 Å². The van der Waals surface area contributed by atoms with Crippen molar-refractivity contribution in [3.8, 4) is 11.4 Å². The van der Waals surface area contributed by atoms with Crippen molar-refractivity contribution in [2.24, 2.45) is 5.73 Å². The molecule has 0 aliphatic carbocycles. The highest BCUT2D eigenvalue weighted by Gasteiger charge is 2.06. The van der Waals surface area contributed by atoms with Crippen LogP contribution in [0.5, 0.6) is 0 Å². The Bertz CT molecular complexity index is 494. The van der Waals surface area contributed by atoms with Gasteiger partial charge in [-0.2, -0.15) is 0 Å². The van der Waals surface area contributed by atoms with Gasteiger partial charge < -0.3 is 5.73 Å². The van der Waals surface area contributed by atoms with E-state index in [4.69, 9.17) is 5.73 Å². The monoisotopic (exact) mass is 228 g/mol. The number of nitrogens with zero attached hydrogens (tertiary/aromatic N) is 3. The fourth-order valence-corrected chi connectivity index (χ4v) is 1.70. The Kier molecular flexibility index (Phi) is 3.44. The summed E-state index contributed by atoms with van der Waals surface area (Å²) in [5.41, 5.74) is 8.72. The molecular formula is C13H16N4. The first-order valence-electron chi connectivity index (χ1n) is 5.65. The van der Waals surface area contributed by atoms with Crippen LogP contribution in [0.25, 0.3) is 11.4 Å². The minimum atomic E-state index is 0.106. The highest BCUT2D eigenvalue weighted by atomic mass is 14.9. The van der Waals surface area contributed by atoms with Crippen LogP contribution in [0.1, 0.15) is 18.3 Å². The highest BCUT2D eigenvalue weighted by Crippen LogP contribution is 2.15. The predicted octanol–water partition coefficient (Wildman–Crippen LogP) is 1.74. The zero-order chi connectivity index (χ0) is 12.3. The van der Waals surface area contributed by atoms with E-state index >= 15 is 0 Å². The van der Waals surface area contributed by atoms with Crippen molar-refractivity contribution in [1.29, 1.82) is 0 Å². The van der Waals surface area contributed by atoms with E-state index in [-0.39, 0.29) is 6.04 Å². The largest absolute Gasteiger partial charge is 0.328 e. The fraction of sp³-hybridized carbons (Fsp3) is 0.308. The number of pyridine rings is 1. The molecule has 4 heteroatoms. The van der Waals surface area contributed by atoms with Crippen molar-refractivity contribution >= 4 is 0 Å². The van der Waals surface area contributed by atoms with Gasteiger partial charge in [-0.1, -0.05) is 0 Å². The molecule has 0 aromatic carbocycles. The zero-order valence-corrected chi connectivity index (χ0v) is 10.1. The number of aromatic nitrogens is 3. The summed E-state index contributed by atoms with van der Waals surface area (Å²) in [6.45, 7) is 3.95. The minimum Gasteiger partial charge on any atom is -0.328 e. The normalized spacial score (nSPS) is 12.4. The molecule has 0 aliphatic heterocycles. The lowest BCUT2D eigenvalue weighted by Crippen LogP contribution is -2.19. The minimum absolute atomic E-state index is 0.106. The summed E-state index contributed by atoms with van der Waals surface area (Å²) in [6.07, 6.45) is 4.25. The van der Waals surface area contributed by atoms with E-state index in [0.29, 0.717) is 0 Å². The predicted molar refractivity (Wildman–Crippen MR) is 67.4 cm³/mol. The maximum Gasteiger partial charge on any atom is 0.159 e. The topological polar surface area (TPSA) is 64.7 Å². The molecule has 0 spiro atoms. The second kappa shape index (κ2) is 5.01. The third kappa shape index (κ3) is 3.07. The Labute approximate surface area is 101 Å². The molecule has 1 unspecified atom stereocenters. The first kappa shape index (κ1) is 11.7. The number of hydrogen-bond donors (Lipinski definition) is 1. The molecule has 0 bridgehead atoms. The van der Waals surface area contributed by atoms with Gasteiger partial charge in [0.1, 0.15) is 0 Å². The van der Waals surface area contributed by atoms with Crippen molar-refractivity contribution in [3.63, 3.8) is 0 Å². The smallest absolute Gasteiger partial charge is 0.159 e. The number of rotatable bonds is 3. The Balaban J connectivity index is 2.38. The molecule has 2 aromatic rings. The van der Waals surface area contributed by atoms with Crippen LogP contribution in [0.2, 0.25) is 0 Å². The molecule has 1 atom stereocenters. The van der Waals surface area contributed by atoms with Crippen LogP contribution in [-0.4, -0.2) is 21.0 Å². The molecule has 0 saturated carbocycles. The van der Waals surface area contributed by atoms with Gasteiger partial charge in [-0.15, -0.1) is 0 Å². The second-order valence-corrected chi connectivity index (χ2v) is 4.24. The van der Waals surface area contributed by atoms with Gasteiger partial charge in [0.15, 0.2) is 5.82 Å². The molecule has 2 heterocycles. The molecule has 2 rings (SSSR count). The third-order valence-corrected chi connectivity index (χ3v) is 2.38. The van der Waals surface area contributed by atoms with E-state index in [2.05, 4.69) is 15.0 Å². The van der Waals surface area contributed by atoms with Crippen LogP contribution in [0, 0.1) is 6.92 Å². The molecule has 4 nitrogen and oxygen atoms in total. The summed E-state index contributed by atoms with van der Waals surface area (Å²) in [5, 5.41) is 0. The molecule has 88 valence electrons. The second-order valence-electron chi connectivity index (χ2n) is 4.24. The lowest BCUT2D eigenvalue weighted by molar-refractivity contribution is 0.719. The van der Waals surface area contributed by atoms with Crippen molar-refractivity contribution in [3.05, 3.63) is 42.0 Å². The maximum atomic E-state index is 5.79. The molecule has 0 aliphatic rings. The zero-order valence-electron chi connectivity index (χ0n) is 10.1. The fourth-order valence-electron chi connectivity index (χ4n) is 1.70. The molecule has 17 heavy (non-hydrogen) atoms. The van der Waals surface area contributed by atoms with E-state index in [9.17, 15) is 0 Å². The van der Waals surface area contributed by atoms with Crippen LogP contribution >= 0.6 is 0 Å². The van der Waals surface area contributed by atoms with Gasteiger partial charge in [-0.25, -0.2) is 9.97 Å². The van der Waals surface area contributed by atoms with Gasteiger partial charge in [0, 0.05) is 41.8 Å². The van der Waals surface area contributed by atoms with Crippen LogP contribution < -0.4 is 5.73 Å². The SMILES string of the molecule is Cc1cc(CC(C)N)nc(-c2ccncc2)n1. The summed E-state index contributed by atoms with van der Waals surface area (Å²) in [4.78, 5) is 12.9. The number of aryl methyl sites for hydroxylation is 1. The Morgan fingerprint density at radius 1 is 1.24 bits per heavy atom. The van der Waals surface area contributed by atoms with Crippen molar-refractivity contribution in [2.45, 2.75) is 26.3 Å². The molecule has 0 fully saturated rings. The maximum absolute atomic E-state index is 5.79. The molecule has 2 aromatic heterocycles. The molecule has 0 amide bonds. The number of nitrogens with two attached hydrogens (primary N) is 1. The lowest BCUT2D eigenvalue weighted by Gasteiger charge is -2.07. The first-order valence-corrected chi connectivity index (χ1v) is 5.65. The molecular weight excluding hydrogens is 212 g/mol. The quantitative estimate of drug-likeness (QED) is 0.869. The average molecular weight is 228 g/mol. The van der Waals surface area contributed by atoms with Gasteiger partial charge in [0.25, 0.3) is 0 Å². The average Bonchev–Trinajstić information content (AvgIpc) is 2.28. The van der Waals surface area contributed by atoms with Crippen molar-refractivity contribution in [1.82, 2.24) is 15.0 Å². The van der Waals surface area contributed by atoms with Gasteiger partial charge in [-0.3, -0.25) is 4.98 Å². The van der Waals surface area contributed by atoms with Crippen LogP contribution in [0.15, 0.2) is 30.6 Å². The van der Waals surface area contributed by atoms with Crippen molar-refractivity contribution in [2.75, 3.05) is 0 Å². The van der Waals surface area contributed by atoms with E-state index in [1.54, 1.807) is 12.4 Å². The summed E-state index contributed by atoms with van der Waals surface area (Å²) in [5.74, 6) is 0.739. The summed E-state index contributed by atoms with van der Waals surface area (Å²) in [7, 11) is 0. The van der Waals surface area contributed by atoms with Crippen molar-refractivity contribution < 1.29 is 0 Å². The Hall–Kier alpha value is -1.81. The Morgan fingerprint density at radius 3 is 2.59 bits per heavy atom. The van der Waals surface area contributed by atoms with E-state index in [0.717, 1.165) is 29.2 Å². The molecule has 0 radical (unpaired) electrons. The number of hydrogen-bond acceptors (Lipinski definition) is 4. The first-order chi connectivity index (χ1) is 8.15. The third-order valence-electron chi connectivity index (χ3n) is 2.38.